The molecule has 7 heteroatoms. The number of carbonyl (C=O) groups excluding carboxylic acids is 1. The second kappa shape index (κ2) is 6.62. The first-order valence-corrected chi connectivity index (χ1v) is 8.57. The molecule has 1 saturated heterocycles. The third kappa shape index (κ3) is 3.23. The Bertz CT molecular complexity index is 651. The largest absolute Gasteiger partial charge is 0.423 e. The lowest BCUT2D eigenvalue weighted by Gasteiger charge is -2.33. The SMILES string of the molecule is CSC(=O)N1CCN(c2ncc(-c3ccc(Cl)cc3)o2)CC1. The molecule has 1 fully saturated rings. The minimum Gasteiger partial charge on any atom is -0.423 e. The maximum absolute atomic E-state index is 11.6. The number of thioether (sulfide) groups is 1. The van der Waals surface area contributed by atoms with Crippen molar-refractivity contribution >= 4 is 34.6 Å². The number of aromatic nitrogens is 1. The van der Waals surface area contributed by atoms with Crippen molar-refractivity contribution < 1.29 is 9.21 Å². The lowest BCUT2D eigenvalue weighted by atomic mass is 10.2. The zero-order valence-corrected chi connectivity index (χ0v) is 13.7. The summed E-state index contributed by atoms with van der Waals surface area (Å²) < 4.78 is 5.83. The average molecular weight is 338 g/mol. The van der Waals surface area contributed by atoms with E-state index in [0.29, 0.717) is 29.9 Å². The van der Waals surface area contributed by atoms with Gasteiger partial charge in [-0.2, -0.15) is 0 Å². The Hall–Kier alpha value is -1.66. The molecule has 0 bridgehead atoms. The fourth-order valence-electron chi connectivity index (χ4n) is 2.37. The van der Waals surface area contributed by atoms with Crippen molar-refractivity contribution in [2.45, 2.75) is 0 Å². The van der Waals surface area contributed by atoms with Crippen LogP contribution in [0.5, 0.6) is 0 Å². The molecular formula is C15H16ClN3O2S. The Morgan fingerprint density at radius 2 is 1.91 bits per heavy atom. The van der Waals surface area contributed by atoms with E-state index in [1.54, 1.807) is 12.5 Å². The van der Waals surface area contributed by atoms with E-state index in [1.165, 1.54) is 11.8 Å². The first kappa shape index (κ1) is 15.2. The Kier molecular flexibility index (Phi) is 4.59. The summed E-state index contributed by atoms with van der Waals surface area (Å²) in [7, 11) is 0. The van der Waals surface area contributed by atoms with Crippen molar-refractivity contribution in [3.8, 4) is 11.3 Å². The van der Waals surface area contributed by atoms with Gasteiger partial charge in [-0.15, -0.1) is 0 Å². The van der Waals surface area contributed by atoms with Gasteiger partial charge < -0.3 is 14.2 Å². The van der Waals surface area contributed by atoms with Crippen LogP contribution in [0, 0.1) is 0 Å². The van der Waals surface area contributed by atoms with E-state index in [1.807, 2.05) is 29.2 Å². The number of amides is 1. The number of anilines is 1. The molecule has 0 radical (unpaired) electrons. The Balaban J connectivity index is 1.67. The Morgan fingerprint density at radius 1 is 1.23 bits per heavy atom. The number of carbonyl (C=O) groups is 1. The van der Waals surface area contributed by atoms with Crippen LogP contribution in [0.25, 0.3) is 11.3 Å². The van der Waals surface area contributed by atoms with Crippen molar-refractivity contribution in [1.29, 1.82) is 0 Å². The minimum absolute atomic E-state index is 0.119. The lowest BCUT2D eigenvalue weighted by Crippen LogP contribution is -2.47. The van der Waals surface area contributed by atoms with Gasteiger partial charge in [0.2, 0.25) is 0 Å². The molecule has 5 nitrogen and oxygen atoms in total. The Labute approximate surface area is 138 Å². The van der Waals surface area contributed by atoms with Gasteiger partial charge in [-0.3, -0.25) is 4.79 Å². The van der Waals surface area contributed by atoms with Crippen LogP contribution in [-0.2, 0) is 0 Å². The van der Waals surface area contributed by atoms with Gasteiger partial charge in [0, 0.05) is 36.8 Å². The van der Waals surface area contributed by atoms with Crippen LogP contribution in [0.3, 0.4) is 0 Å². The van der Waals surface area contributed by atoms with Crippen molar-refractivity contribution in [2.24, 2.45) is 0 Å². The topological polar surface area (TPSA) is 49.6 Å². The predicted molar refractivity (Wildman–Crippen MR) is 89.6 cm³/mol. The lowest BCUT2D eigenvalue weighted by molar-refractivity contribution is 0.218. The summed E-state index contributed by atoms with van der Waals surface area (Å²) in [6.45, 7) is 2.84. The molecule has 22 heavy (non-hydrogen) atoms. The van der Waals surface area contributed by atoms with Gasteiger partial charge in [0.15, 0.2) is 5.76 Å². The molecular weight excluding hydrogens is 322 g/mol. The van der Waals surface area contributed by atoms with E-state index < -0.39 is 0 Å². The van der Waals surface area contributed by atoms with Crippen LogP contribution in [-0.4, -0.2) is 47.6 Å². The van der Waals surface area contributed by atoms with E-state index in [0.717, 1.165) is 18.7 Å². The molecule has 0 atom stereocenters. The normalized spacial score (nSPS) is 15.2. The van der Waals surface area contributed by atoms with E-state index in [-0.39, 0.29) is 5.24 Å². The van der Waals surface area contributed by atoms with Gasteiger partial charge >= 0.3 is 0 Å². The third-order valence-electron chi connectivity index (χ3n) is 3.61. The Morgan fingerprint density at radius 3 is 2.55 bits per heavy atom. The molecule has 1 amide bonds. The van der Waals surface area contributed by atoms with Gasteiger partial charge in [-0.25, -0.2) is 4.98 Å². The highest BCUT2D eigenvalue weighted by Gasteiger charge is 2.23. The highest BCUT2D eigenvalue weighted by atomic mass is 35.5. The van der Waals surface area contributed by atoms with Crippen LogP contribution in [0.2, 0.25) is 5.02 Å². The molecule has 1 aromatic carbocycles. The fourth-order valence-corrected chi connectivity index (χ4v) is 2.93. The highest BCUT2D eigenvalue weighted by Crippen LogP contribution is 2.26. The molecule has 1 aliphatic heterocycles. The van der Waals surface area contributed by atoms with Crippen LogP contribution in [0.15, 0.2) is 34.9 Å². The molecule has 1 aromatic heterocycles. The quantitative estimate of drug-likeness (QED) is 0.838. The van der Waals surface area contributed by atoms with E-state index in [9.17, 15) is 4.79 Å². The number of nitrogens with zero attached hydrogens (tertiary/aromatic N) is 3. The van der Waals surface area contributed by atoms with Gasteiger partial charge in [0.25, 0.3) is 11.3 Å². The monoisotopic (exact) mass is 337 g/mol. The fraction of sp³-hybridized carbons (Fsp3) is 0.333. The maximum Gasteiger partial charge on any atom is 0.297 e. The molecule has 0 saturated carbocycles. The molecule has 3 rings (SSSR count). The number of benzene rings is 1. The molecule has 116 valence electrons. The highest BCUT2D eigenvalue weighted by molar-refractivity contribution is 8.12. The second-order valence-corrected chi connectivity index (χ2v) is 6.15. The van der Waals surface area contributed by atoms with Gasteiger partial charge in [0.1, 0.15) is 0 Å². The molecule has 1 aliphatic rings. The molecule has 0 aliphatic carbocycles. The second-order valence-electron chi connectivity index (χ2n) is 4.96. The smallest absolute Gasteiger partial charge is 0.297 e. The number of oxazole rings is 1. The van der Waals surface area contributed by atoms with Gasteiger partial charge in [-0.1, -0.05) is 23.4 Å². The van der Waals surface area contributed by atoms with Crippen molar-refractivity contribution in [1.82, 2.24) is 9.88 Å². The molecule has 0 spiro atoms. The summed E-state index contributed by atoms with van der Waals surface area (Å²) in [4.78, 5) is 19.9. The molecule has 0 unspecified atom stereocenters. The summed E-state index contributed by atoms with van der Waals surface area (Å²) in [6.07, 6.45) is 3.53. The number of halogens is 1. The van der Waals surface area contributed by atoms with Crippen LogP contribution < -0.4 is 4.90 Å². The zero-order chi connectivity index (χ0) is 15.5. The minimum atomic E-state index is 0.119. The van der Waals surface area contributed by atoms with E-state index in [4.69, 9.17) is 16.0 Å². The van der Waals surface area contributed by atoms with E-state index in [2.05, 4.69) is 9.88 Å². The maximum atomic E-state index is 11.6. The summed E-state index contributed by atoms with van der Waals surface area (Å²) in [5.74, 6) is 0.717. The first-order chi connectivity index (χ1) is 10.7. The zero-order valence-electron chi connectivity index (χ0n) is 12.2. The standard InChI is InChI=1S/C15H16ClN3O2S/c1-22-15(20)19-8-6-18(7-9-19)14-17-10-13(21-14)11-2-4-12(16)5-3-11/h2-5,10H,6-9H2,1H3. The van der Waals surface area contributed by atoms with Crippen molar-refractivity contribution in [3.63, 3.8) is 0 Å². The van der Waals surface area contributed by atoms with Gasteiger partial charge in [-0.05, 0) is 30.5 Å². The molecule has 0 N–H and O–H groups in total. The first-order valence-electron chi connectivity index (χ1n) is 6.97. The average Bonchev–Trinajstić information content (AvgIpc) is 3.05. The number of hydrogen-bond acceptors (Lipinski definition) is 5. The molecule has 2 heterocycles. The van der Waals surface area contributed by atoms with Crippen LogP contribution in [0.1, 0.15) is 0 Å². The summed E-state index contributed by atoms with van der Waals surface area (Å²) in [5.41, 5.74) is 0.944. The van der Waals surface area contributed by atoms with Crippen molar-refractivity contribution in [2.75, 3.05) is 37.3 Å². The van der Waals surface area contributed by atoms with Crippen molar-refractivity contribution in [3.05, 3.63) is 35.5 Å². The predicted octanol–water partition coefficient (Wildman–Crippen LogP) is 3.60. The molecule has 2 aromatic rings. The third-order valence-corrected chi connectivity index (χ3v) is 4.46. The van der Waals surface area contributed by atoms with Crippen LogP contribution in [0.4, 0.5) is 10.8 Å². The van der Waals surface area contributed by atoms with Gasteiger partial charge in [0.05, 0.1) is 6.20 Å². The summed E-state index contributed by atoms with van der Waals surface area (Å²) in [5, 5.41) is 0.812. The summed E-state index contributed by atoms with van der Waals surface area (Å²) in [6, 6.07) is 8.06. The summed E-state index contributed by atoms with van der Waals surface area (Å²) >= 11 is 7.14. The number of hydrogen-bond donors (Lipinski definition) is 0. The number of piperazine rings is 1. The van der Waals surface area contributed by atoms with E-state index >= 15 is 0 Å². The van der Waals surface area contributed by atoms with Crippen LogP contribution >= 0.6 is 23.4 Å². The number of rotatable bonds is 2.